The fourth-order valence-corrected chi connectivity index (χ4v) is 7.42. The Bertz CT molecular complexity index is 2730. The van der Waals surface area contributed by atoms with Crippen molar-refractivity contribution in [1.29, 1.82) is 0 Å². The van der Waals surface area contributed by atoms with Crippen LogP contribution < -0.4 is 0 Å². The third kappa shape index (κ3) is 7.59. The van der Waals surface area contributed by atoms with Gasteiger partial charge in [-0.15, -0.1) is 0 Å². The Morgan fingerprint density at radius 1 is 0.407 bits per heavy atom. The van der Waals surface area contributed by atoms with Crippen LogP contribution in [0.15, 0.2) is 133 Å². The van der Waals surface area contributed by atoms with Crippen LogP contribution in [-0.4, -0.2) is 19.5 Å². The number of rotatable bonds is 5. The van der Waals surface area contributed by atoms with Gasteiger partial charge in [-0.3, -0.25) is 0 Å². The second kappa shape index (κ2) is 14.2. The van der Waals surface area contributed by atoms with Gasteiger partial charge < -0.3 is 4.57 Å². The molecule has 0 spiro atoms. The van der Waals surface area contributed by atoms with Crippen molar-refractivity contribution in [2.24, 2.45) is 0 Å². The number of fused-ring (bicyclic) bond motifs is 3. The number of hydrogen-bond acceptors (Lipinski definition) is 3. The highest BCUT2D eigenvalue weighted by molar-refractivity contribution is 6.10. The average Bonchev–Trinajstić information content (AvgIpc) is 3.52. The van der Waals surface area contributed by atoms with Crippen molar-refractivity contribution in [3.63, 3.8) is 0 Å². The largest absolute Gasteiger partial charge is 0.417 e. The highest BCUT2D eigenvalue weighted by Gasteiger charge is 2.39. The molecule has 0 saturated carbocycles. The summed E-state index contributed by atoms with van der Waals surface area (Å²) < 4.78 is 88.9. The number of benzene rings is 6. The van der Waals surface area contributed by atoms with Crippen LogP contribution in [0.5, 0.6) is 0 Å². The second-order valence-electron chi connectivity index (χ2n) is 16.8. The molecule has 0 aliphatic heterocycles. The van der Waals surface area contributed by atoms with Crippen LogP contribution in [0.3, 0.4) is 0 Å². The summed E-state index contributed by atoms with van der Waals surface area (Å²) in [4.78, 5) is 14.6. The molecule has 8 rings (SSSR count). The summed E-state index contributed by atoms with van der Waals surface area (Å²) in [6, 6.07) is 37.7. The van der Waals surface area contributed by atoms with Gasteiger partial charge in [0.2, 0.25) is 0 Å². The second-order valence-corrected chi connectivity index (χ2v) is 16.8. The zero-order valence-electron chi connectivity index (χ0n) is 33.3. The Morgan fingerprint density at radius 3 is 1.29 bits per heavy atom. The lowest BCUT2D eigenvalue weighted by Gasteiger charge is -2.22. The Morgan fingerprint density at radius 2 is 0.847 bits per heavy atom. The fraction of sp³-hybridized carbons (Fsp3) is 0.204. The van der Waals surface area contributed by atoms with Crippen molar-refractivity contribution in [1.82, 2.24) is 19.5 Å². The molecule has 298 valence electrons. The van der Waals surface area contributed by atoms with Crippen molar-refractivity contribution < 1.29 is 26.3 Å². The van der Waals surface area contributed by atoms with Crippen LogP contribution in [0.25, 0.3) is 72.8 Å². The summed E-state index contributed by atoms with van der Waals surface area (Å²) in [5.74, 6) is 1.05. The lowest BCUT2D eigenvalue weighted by Crippen LogP contribution is -2.13. The molecule has 0 aliphatic carbocycles. The monoisotopic (exact) mass is 798 g/mol. The third-order valence-corrected chi connectivity index (χ3v) is 10.6. The van der Waals surface area contributed by atoms with Gasteiger partial charge in [-0.2, -0.15) is 26.3 Å². The fourth-order valence-electron chi connectivity index (χ4n) is 7.42. The van der Waals surface area contributed by atoms with Crippen LogP contribution in [0.4, 0.5) is 26.3 Å². The maximum Gasteiger partial charge on any atom is 0.417 e. The Labute approximate surface area is 338 Å². The maximum absolute atomic E-state index is 15.0. The molecule has 0 N–H and O–H groups in total. The van der Waals surface area contributed by atoms with E-state index in [0.29, 0.717) is 29.0 Å². The van der Waals surface area contributed by atoms with Gasteiger partial charge in [0.15, 0.2) is 17.5 Å². The molecule has 0 fully saturated rings. The minimum absolute atomic E-state index is 0.0801. The Kier molecular flexibility index (Phi) is 9.53. The lowest BCUT2D eigenvalue weighted by molar-refractivity contribution is -0.142. The molecule has 0 saturated heterocycles. The van der Waals surface area contributed by atoms with Crippen LogP contribution in [-0.2, 0) is 23.2 Å². The van der Waals surface area contributed by atoms with E-state index in [1.54, 1.807) is 12.1 Å². The molecule has 6 aromatic carbocycles. The standard InChI is InChI=1S/C49H40F6N4/c1-46(2,3)32-18-23-37-38-24-19-33(47(4,5)6)28-42(38)59(41(37)27-32)40-25-31(17-21-36(40)35-22-20-34(48(50,51)52)26-39(35)49(53,54)55)45-57-43(29-13-9-7-10-14-29)56-44(58-45)30-15-11-8-12-16-30/h7-28H,1-6H3. The summed E-state index contributed by atoms with van der Waals surface area (Å²) in [5, 5.41) is 1.73. The topological polar surface area (TPSA) is 43.6 Å². The molecule has 2 aromatic heterocycles. The van der Waals surface area contributed by atoms with Crippen molar-refractivity contribution in [3.8, 4) is 51.0 Å². The molecule has 10 heteroatoms. The summed E-state index contributed by atoms with van der Waals surface area (Å²) in [7, 11) is 0. The highest BCUT2D eigenvalue weighted by atomic mass is 19.4. The Hall–Kier alpha value is -6.29. The number of alkyl halides is 6. The molecule has 2 heterocycles. The van der Waals surface area contributed by atoms with E-state index in [1.807, 2.05) is 89.5 Å². The van der Waals surface area contributed by atoms with Gasteiger partial charge in [0, 0.05) is 33.0 Å². The third-order valence-electron chi connectivity index (χ3n) is 10.6. The van der Waals surface area contributed by atoms with E-state index in [9.17, 15) is 13.2 Å². The molecular formula is C49H40F6N4. The predicted molar refractivity (Wildman–Crippen MR) is 223 cm³/mol. The highest BCUT2D eigenvalue weighted by Crippen LogP contribution is 2.46. The number of aromatic nitrogens is 4. The lowest BCUT2D eigenvalue weighted by atomic mass is 9.86. The van der Waals surface area contributed by atoms with Crippen LogP contribution in [0, 0.1) is 0 Å². The molecule has 0 bridgehead atoms. The minimum atomic E-state index is -5.12. The predicted octanol–water partition coefficient (Wildman–Crippen LogP) is 14.3. The van der Waals surface area contributed by atoms with Gasteiger partial charge in [0.25, 0.3) is 0 Å². The van der Waals surface area contributed by atoms with Gasteiger partial charge in [-0.1, -0.05) is 145 Å². The van der Waals surface area contributed by atoms with Gasteiger partial charge in [-0.25, -0.2) is 15.0 Å². The van der Waals surface area contributed by atoms with Crippen LogP contribution in [0.2, 0.25) is 0 Å². The van der Waals surface area contributed by atoms with Crippen molar-refractivity contribution in [2.75, 3.05) is 0 Å². The minimum Gasteiger partial charge on any atom is -0.309 e. The summed E-state index contributed by atoms with van der Waals surface area (Å²) in [5.41, 5.74) is 1.99. The van der Waals surface area contributed by atoms with E-state index in [4.69, 9.17) is 15.0 Å². The molecule has 0 radical (unpaired) electrons. The zero-order chi connectivity index (χ0) is 42.1. The van der Waals surface area contributed by atoms with Gasteiger partial charge in [-0.05, 0) is 57.9 Å². The van der Waals surface area contributed by atoms with Crippen LogP contribution >= 0.6 is 0 Å². The van der Waals surface area contributed by atoms with E-state index < -0.39 is 29.0 Å². The first kappa shape index (κ1) is 39.5. The molecule has 59 heavy (non-hydrogen) atoms. The van der Waals surface area contributed by atoms with Crippen molar-refractivity contribution >= 4 is 21.8 Å². The van der Waals surface area contributed by atoms with E-state index >= 15 is 13.2 Å². The normalized spacial score (nSPS) is 12.7. The van der Waals surface area contributed by atoms with Gasteiger partial charge in [0.1, 0.15) is 0 Å². The molecule has 0 unspecified atom stereocenters. The number of nitrogens with zero attached hydrogens (tertiary/aromatic N) is 4. The van der Waals surface area contributed by atoms with E-state index in [2.05, 4.69) is 53.7 Å². The molecule has 8 aromatic rings. The van der Waals surface area contributed by atoms with E-state index in [-0.39, 0.29) is 28.3 Å². The molecular weight excluding hydrogens is 759 g/mol. The smallest absolute Gasteiger partial charge is 0.309 e. The molecule has 0 aliphatic rings. The Balaban J connectivity index is 1.51. The SMILES string of the molecule is CC(C)(C)c1ccc2c3ccc(C(C)(C)C)cc3n(-c3cc(-c4nc(-c5ccccc5)nc(-c5ccccc5)n4)ccc3-c3ccc(C(F)(F)F)cc3C(F)(F)F)c2c1. The molecule has 4 nitrogen and oxygen atoms in total. The molecule has 0 amide bonds. The first-order chi connectivity index (χ1) is 27.8. The number of halogens is 6. The summed E-state index contributed by atoms with van der Waals surface area (Å²) >= 11 is 0. The average molecular weight is 799 g/mol. The number of hydrogen-bond donors (Lipinski definition) is 0. The summed E-state index contributed by atoms with van der Waals surface area (Å²) in [6.45, 7) is 12.5. The first-order valence-electron chi connectivity index (χ1n) is 19.2. The van der Waals surface area contributed by atoms with E-state index in [0.717, 1.165) is 50.1 Å². The van der Waals surface area contributed by atoms with E-state index in [1.165, 1.54) is 6.07 Å². The maximum atomic E-state index is 15.0. The first-order valence-corrected chi connectivity index (χ1v) is 19.2. The molecule has 0 atom stereocenters. The van der Waals surface area contributed by atoms with Gasteiger partial charge >= 0.3 is 12.4 Å². The van der Waals surface area contributed by atoms with Crippen molar-refractivity contribution in [2.45, 2.75) is 64.7 Å². The van der Waals surface area contributed by atoms with Gasteiger partial charge in [0.05, 0.1) is 27.8 Å². The summed E-state index contributed by atoms with van der Waals surface area (Å²) in [6.07, 6.45) is -10.1. The zero-order valence-corrected chi connectivity index (χ0v) is 33.3. The van der Waals surface area contributed by atoms with Crippen molar-refractivity contribution in [3.05, 3.63) is 156 Å². The quantitative estimate of drug-likeness (QED) is 0.163. The van der Waals surface area contributed by atoms with Crippen LogP contribution in [0.1, 0.15) is 63.8 Å².